The van der Waals surface area contributed by atoms with Gasteiger partial charge in [0.1, 0.15) is 36.3 Å². The summed E-state index contributed by atoms with van der Waals surface area (Å²) in [5.41, 5.74) is 15.3. The summed E-state index contributed by atoms with van der Waals surface area (Å²) in [6.45, 7) is 7.11. The fourth-order valence-electron chi connectivity index (χ4n) is 4.53. The third kappa shape index (κ3) is 9.80. The number of aryl methyl sites for hydroxylation is 1. The van der Waals surface area contributed by atoms with E-state index in [0.29, 0.717) is 30.4 Å². The number of thiazole rings is 1. The van der Waals surface area contributed by atoms with Crippen LogP contribution in [0.4, 0.5) is 5.13 Å². The van der Waals surface area contributed by atoms with Gasteiger partial charge < -0.3 is 31.7 Å². The second-order valence-electron chi connectivity index (χ2n) is 10.7. The highest BCUT2D eigenvalue weighted by Gasteiger charge is 2.56. The number of anilines is 1. The first-order valence-electron chi connectivity index (χ1n) is 14.6. The molecule has 7 N–H and O–H groups in total. The lowest BCUT2D eigenvalue weighted by atomic mass is 9.85. The first kappa shape index (κ1) is 36.6. The first-order valence-corrected chi connectivity index (χ1v) is 16.4. The van der Waals surface area contributed by atoms with Gasteiger partial charge in [0.15, 0.2) is 18.0 Å². The van der Waals surface area contributed by atoms with Gasteiger partial charge in [0.25, 0.3) is 5.91 Å². The Balaban J connectivity index is 0.000000322. The van der Waals surface area contributed by atoms with E-state index in [9.17, 15) is 13.8 Å². The molecule has 2 unspecified atom stereocenters. The second kappa shape index (κ2) is 17.7. The van der Waals surface area contributed by atoms with Crippen molar-refractivity contribution in [1.29, 1.82) is 0 Å². The highest BCUT2D eigenvalue weighted by atomic mass is 32.2. The molecule has 4 rings (SSSR count). The van der Waals surface area contributed by atoms with Crippen molar-refractivity contribution in [2.45, 2.75) is 57.7 Å². The molecule has 2 aromatic rings. The first-order chi connectivity index (χ1) is 22.0. The molecule has 1 aromatic heterocycles. The SMILES string of the molecule is COS(=O)ON1C(=O)C(NC=O)C1(C)C.C[NH+]=C/C(=C\NCCCN)c1ccc2c(c1)CC[C@@H](CO/N=C(\C)c1csc(N)n1)O2. The van der Waals surface area contributed by atoms with E-state index < -0.39 is 28.8 Å². The number of hydroxylamine groups is 2. The normalized spacial score (nSPS) is 19.7. The summed E-state index contributed by atoms with van der Waals surface area (Å²) in [4.78, 5) is 34.5. The Morgan fingerprint density at radius 2 is 2.17 bits per heavy atom. The molecule has 17 heteroatoms. The third-order valence-electron chi connectivity index (χ3n) is 7.04. The fourth-order valence-corrected chi connectivity index (χ4v) is 5.59. The van der Waals surface area contributed by atoms with Crippen molar-refractivity contribution in [1.82, 2.24) is 20.7 Å². The minimum atomic E-state index is -2.00. The molecule has 2 aliphatic heterocycles. The van der Waals surface area contributed by atoms with Crippen molar-refractivity contribution in [3.05, 3.63) is 46.6 Å². The number of hydrogen-bond acceptors (Lipinski definition) is 13. The van der Waals surface area contributed by atoms with Crippen molar-refractivity contribution in [2.75, 3.05) is 39.6 Å². The monoisotopic (exact) mass is 679 g/mol. The number of β-lactam (4-membered cyclic amide) rings is 1. The molecule has 1 fully saturated rings. The van der Waals surface area contributed by atoms with Crippen LogP contribution >= 0.6 is 11.3 Å². The predicted octanol–water partition coefficient (Wildman–Crippen LogP) is -0.201. The third-order valence-corrected chi connectivity index (χ3v) is 8.26. The summed E-state index contributed by atoms with van der Waals surface area (Å²) >= 11 is -0.618. The zero-order chi connectivity index (χ0) is 33.7. The molecule has 1 saturated heterocycles. The number of allylic oxidation sites excluding steroid dienone is 1. The maximum atomic E-state index is 11.4. The highest BCUT2D eigenvalue weighted by Crippen LogP contribution is 2.32. The Morgan fingerprint density at radius 3 is 2.80 bits per heavy atom. The molecule has 0 saturated carbocycles. The number of amides is 2. The van der Waals surface area contributed by atoms with E-state index in [1.54, 1.807) is 13.8 Å². The van der Waals surface area contributed by atoms with Gasteiger partial charge in [0.2, 0.25) is 6.41 Å². The van der Waals surface area contributed by atoms with Gasteiger partial charge in [-0.3, -0.25) is 18.8 Å². The van der Waals surface area contributed by atoms with Crippen LogP contribution in [0.15, 0.2) is 34.9 Å². The fraction of sp³-hybridized carbons (Fsp3) is 0.483. The van der Waals surface area contributed by atoms with E-state index in [4.69, 9.17) is 25.3 Å². The molecule has 46 heavy (non-hydrogen) atoms. The van der Waals surface area contributed by atoms with Crippen LogP contribution in [-0.4, -0.2) is 90.0 Å². The number of fused-ring (bicyclic) bond motifs is 1. The van der Waals surface area contributed by atoms with E-state index in [2.05, 4.69) is 42.1 Å². The van der Waals surface area contributed by atoms with Crippen LogP contribution in [-0.2, 0) is 40.7 Å². The van der Waals surface area contributed by atoms with Gasteiger partial charge in [-0.2, -0.15) is 9.27 Å². The van der Waals surface area contributed by atoms with Crippen molar-refractivity contribution in [3.8, 4) is 5.75 Å². The molecule has 2 amide bonds. The topological polar surface area (TPSA) is 207 Å². The Morgan fingerprint density at radius 1 is 1.39 bits per heavy atom. The van der Waals surface area contributed by atoms with Crippen LogP contribution < -0.4 is 31.8 Å². The average molecular weight is 680 g/mol. The quantitative estimate of drug-likeness (QED) is 0.0548. The van der Waals surface area contributed by atoms with E-state index in [-0.39, 0.29) is 6.10 Å². The standard InChI is InChI=1S/C22H30N6O2S.C7H12N2O5S/c1-15(20-14-31-22(24)27-20)28-29-13-19-6-4-17-10-16(5-7-21(17)30-19)18(11-25-2)12-26-9-3-8-23;1-7(2)5(8-4-10)6(11)9(7)14-15(12)13-3/h5,7,10-12,14,19,26H,3-4,6,8-9,13,23H2,1-2H3,(H2,24,27);4-5H,1-3H3,(H,8,10)/p+1/b18-12+,25-11?,28-15+;/t19-;/m0./s1. The summed E-state index contributed by atoms with van der Waals surface area (Å²) in [5.74, 6) is 0.439. The highest BCUT2D eigenvalue weighted by molar-refractivity contribution is 7.75. The molecule has 252 valence electrons. The van der Waals surface area contributed by atoms with E-state index in [0.717, 1.165) is 53.5 Å². The lowest BCUT2D eigenvalue weighted by molar-refractivity contribution is -0.412. The van der Waals surface area contributed by atoms with Crippen molar-refractivity contribution >= 4 is 57.6 Å². The number of nitrogens with two attached hydrogens (primary N) is 2. The molecular formula is C29H43N8O7S2+. The van der Waals surface area contributed by atoms with Crippen molar-refractivity contribution in [3.63, 3.8) is 0 Å². The number of aromatic nitrogens is 1. The second-order valence-corrected chi connectivity index (χ2v) is 12.5. The molecular weight excluding hydrogens is 637 g/mol. The number of nitrogens with one attached hydrogen (secondary N) is 3. The lowest BCUT2D eigenvalue weighted by Crippen LogP contribution is -2.75. The molecule has 0 radical (unpaired) electrons. The van der Waals surface area contributed by atoms with Crippen LogP contribution in [0.2, 0.25) is 0 Å². The number of carbonyl (C=O) groups is 2. The number of carbonyl (C=O) groups excluding carboxylic acids is 2. The van der Waals surface area contributed by atoms with Crippen LogP contribution in [0.1, 0.15) is 50.4 Å². The van der Waals surface area contributed by atoms with Crippen LogP contribution in [0.5, 0.6) is 5.75 Å². The van der Waals surface area contributed by atoms with E-state index >= 15 is 0 Å². The van der Waals surface area contributed by atoms with Gasteiger partial charge in [-0.1, -0.05) is 11.2 Å². The largest absolute Gasteiger partial charge is 0.486 e. The number of benzene rings is 1. The number of ether oxygens (including phenoxy) is 1. The van der Waals surface area contributed by atoms with Crippen LogP contribution in [0.25, 0.3) is 5.57 Å². The van der Waals surface area contributed by atoms with Gasteiger partial charge in [-0.05, 0) is 69.8 Å². The molecule has 0 aliphatic carbocycles. The summed E-state index contributed by atoms with van der Waals surface area (Å²) in [5, 5.41) is 13.1. The van der Waals surface area contributed by atoms with Gasteiger partial charge in [-0.15, -0.1) is 15.6 Å². The number of rotatable bonds is 15. The van der Waals surface area contributed by atoms with Gasteiger partial charge >= 0.3 is 11.4 Å². The number of hydrogen-bond donors (Lipinski definition) is 5. The lowest BCUT2D eigenvalue weighted by Gasteiger charge is -2.50. The zero-order valence-electron chi connectivity index (χ0n) is 26.6. The smallest absolute Gasteiger partial charge is 0.327 e. The average Bonchev–Trinajstić information content (AvgIpc) is 3.49. The predicted molar refractivity (Wildman–Crippen MR) is 177 cm³/mol. The Bertz CT molecular complexity index is 1450. The maximum absolute atomic E-state index is 11.4. The van der Waals surface area contributed by atoms with Gasteiger partial charge in [-0.25, -0.2) is 4.98 Å². The minimum Gasteiger partial charge on any atom is -0.486 e. The summed E-state index contributed by atoms with van der Waals surface area (Å²) in [6.07, 6.45) is 7.14. The Labute approximate surface area is 275 Å². The van der Waals surface area contributed by atoms with E-state index in [1.807, 2.05) is 37.8 Å². The number of nitrogen functional groups attached to an aromatic ring is 1. The van der Waals surface area contributed by atoms with Crippen LogP contribution in [0.3, 0.4) is 0 Å². The molecule has 1 aromatic carbocycles. The van der Waals surface area contributed by atoms with Gasteiger partial charge in [0.05, 0.1) is 18.2 Å². The molecule has 3 atom stereocenters. The minimum absolute atomic E-state index is 0.0350. The Hall–Kier alpha value is -3.90. The molecule has 0 bridgehead atoms. The van der Waals surface area contributed by atoms with Gasteiger partial charge in [0, 0.05) is 18.1 Å². The molecule has 3 heterocycles. The Kier molecular flexibility index (Phi) is 14.1. The van der Waals surface area contributed by atoms with Crippen molar-refractivity contribution in [2.24, 2.45) is 10.9 Å². The summed E-state index contributed by atoms with van der Waals surface area (Å²) in [6, 6.07) is 5.62. The number of oxime groups is 1. The molecule has 0 spiro atoms. The molecule has 2 aliphatic rings. The maximum Gasteiger partial charge on any atom is 0.327 e. The molecule has 15 nitrogen and oxygen atoms in total. The zero-order valence-corrected chi connectivity index (χ0v) is 28.2. The van der Waals surface area contributed by atoms with Crippen molar-refractivity contribution < 1.29 is 36.8 Å². The summed E-state index contributed by atoms with van der Waals surface area (Å²) < 4.78 is 26.1. The van der Waals surface area contributed by atoms with Crippen LogP contribution in [0, 0.1) is 0 Å². The number of nitrogens with zero attached hydrogens (tertiary/aromatic N) is 3. The summed E-state index contributed by atoms with van der Waals surface area (Å²) in [7, 11) is 3.09. The van der Waals surface area contributed by atoms with E-state index in [1.165, 1.54) is 24.0 Å².